The second-order valence-electron chi connectivity index (χ2n) is 7.09. The van der Waals surface area contributed by atoms with Gasteiger partial charge in [0.05, 0.1) is 10.4 Å². The molecule has 0 aliphatic carbocycles. The molecule has 0 fully saturated rings. The molecule has 0 saturated carbocycles. The molecular weight excluding hydrogens is 442 g/mol. The zero-order valence-electron chi connectivity index (χ0n) is 18.2. The van der Waals surface area contributed by atoms with Crippen LogP contribution >= 0.6 is 0 Å². The minimum Gasteiger partial charge on any atom is -0.457 e. The van der Waals surface area contributed by atoms with Gasteiger partial charge in [0.25, 0.3) is 5.69 Å². The quantitative estimate of drug-likeness (QED) is 0.341. The van der Waals surface area contributed by atoms with E-state index in [0.29, 0.717) is 11.5 Å². The first-order valence-electron chi connectivity index (χ1n) is 10.0. The highest BCUT2D eigenvalue weighted by atomic mass is 16.6. The van der Waals surface area contributed by atoms with E-state index in [0.717, 1.165) is 10.9 Å². The summed E-state index contributed by atoms with van der Waals surface area (Å²) in [5.74, 6) is 1.41. The topological polar surface area (TPSA) is 129 Å². The summed E-state index contributed by atoms with van der Waals surface area (Å²) in [4.78, 5) is 40.0. The molecule has 0 aliphatic heterocycles. The van der Waals surface area contributed by atoms with Gasteiger partial charge in [-0.3, -0.25) is 19.6 Å². The molecule has 0 unspecified atom stereocenters. The lowest BCUT2D eigenvalue weighted by molar-refractivity contribution is -0.384. The van der Waals surface area contributed by atoms with Crippen LogP contribution in [0.2, 0.25) is 0 Å². The predicted molar refractivity (Wildman–Crippen MR) is 124 cm³/mol. The summed E-state index contributed by atoms with van der Waals surface area (Å²) in [5, 5.41) is 14.1. The van der Waals surface area contributed by atoms with Crippen molar-refractivity contribution in [1.82, 2.24) is 14.9 Å². The Morgan fingerprint density at radius 2 is 1.74 bits per heavy atom. The molecule has 0 bridgehead atoms. The van der Waals surface area contributed by atoms with Gasteiger partial charge < -0.3 is 14.8 Å². The smallest absolute Gasteiger partial charge is 0.420 e. The number of hydrogen-bond acceptors (Lipinski definition) is 7. The van der Waals surface area contributed by atoms with E-state index in [1.165, 1.54) is 47.0 Å². The molecule has 4 aromatic rings. The molecule has 11 heteroatoms. The average Bonchev–Trinajstić information content (AvgIpc) is 3.27. The number of rotatable bonds is 5. The zero-order chi connectivity index (χ0) is 24.2. The lowest BCUT2D eigenvalue weighted by Crippen LogP contribution is -2.30. The van der Waals surface area contributed by atoms with Crippen LogP contribution in [0.5, 0.6) is 17.2 Å². The number of carbonyl (C=O) groups is 2. The van der Waals surface area contributed by atoms with Crippen molar-refractivity contribution in [1.29, 1.82) is 0 Å². The van der Waals surface area contributed by atoms with Crippen molar-refractivity contribution in [2.45, 2.75) is 0 Å². The first-order chi connectivity index (χ1) is 16.4. The van der Waals surface area contributed by atoms with Crippen molar-refractivity contribution < 1.29 is 24.0 Å². The van der Waals surface area contributed by atoms with Gasteiger partial charge in [-0.25, -0.2) is 14.6 Å². The van der Waals surface area contributed by atoms with Crippen molar-refractivity contribution in [2.24, 2.45) is 0 Å². The normalized spacial score (nSPS) is 10.5. The molecule has 34 heavy (non-hydrogen) atoms. The summed E-state index contributed by atoms with van der Waals surface area (Å²) in [6.07, 6.45) is 2.43. The number of benzene rings is 2. The number of amides is 2. The molecule has 0 atom stereocenters. The van der Waals surface area contributed by atoms with Gasteiger partial charge in [-0.2, -0.15) is 0 Å². The van der Waals surface area contributed by atoms with Gasteiger partial charge in [0.15, 0.2) is 0 Å². The van der Waals surface area contributed by atoms with Crippen LogP contribution in [0.15, 0.2) is 73.1 Å². The van der Waals surface area contributed by atoms with E-state index in [-0.39, 0.29) is 23.3 Å². The Hall–Kier alpha value is -4.93. The number of fused-ring (bicyclic) bond motifs is 1. The lowest BCUT2D eigenvalue weighted by Gasteiger charge is -2.16. The van der Waals surface area contributed by atoms with Gasteiger partial charge in [0, 0.05) is 50.1 Å². The maximum absolute atomic E-state index is 12.5. The van der Waals surface area contributed by atoms with Crippen LogP contribution in [-0.4, -0.2) is 40.7 Å². The molecule has 2 heterocycles. The van der Waals surface area contributed by atoms with E-state index in [1.54, 1.807) is 49.6 Å². The number of pyridine rings is 1. The molecule has 0 aliphatic rings. The Labute approximate surface area is 193 Å². The maximum Gasteiger partial charge on any atom is 0.420 e. The SMILES string of the molecule is CNC(=O)n1ccc2cc(Oc3ccnc(N(C)C(=O)Oc4ccc([N+](=O)[O-])cc4)c3)ccc21. The summed E-state index contributed by atoms with van der Waals surface area (Å²) < 4.78 is 12.7. The monoisotopic (exact) mass is 461 g/mol. The Morgan fingerprint density at radius 3 is 2.44 bits per heavy atom. The van der Waals surface area contributed by atoms with Crippen LogP contribution in [0.1, 0.15) is 0 Å². The molecule has 4 rings (SSSR count). The Morgan fingerprint density at radius 1 is 1.03 bits per heavy atom. The van der Waals surface area contributed by atoms with Gasteiger partial charge in [-0.15, -0.1) is 0 Å². The predicted octanol–water partition coefficient (Wildman–Crippen LogP) is 4.56. The van der Waals surface area contributed by atoms with Crippen molar-refractivity contribution in [3.05, 3.63) is 83.2 Å². The van der Waals surface area contributed by atoms with Crippen LogP contribution in [0.25, 0.3) is 10.9 Å². The highest BCUT2D eigenvalue weighted by Crippen LogP contribution is 2.28. The van der Waals surface area contributed by atoms with E-state index in [1.807, 2.05) is 0 Å². The van der Waals surface area contributed by atoms with Gasteiger partial charge in [-0.1, -0.05) is 0 Å². The third-order valence-corrected chi connectivity index (χ3v) is 4.92. The minimum atomic E-state index is -0.726. The number of carbonyl (C=O) groups excluding carboxylic acids is 2. The number of ether oxygens (including phenoxy) is 2. The number of hydrogen-bond donors (Lipinski definition) is 1. The van der Waals surface area contributed by atoms with Crippen LogP contribution in [0.3, 0.4) is 0 Å². The van der Waals surface area contributed by atoms with E-state index in [9.17, 15) is 19.7 Å². The van der Waals surface area contributed by atoms with Gasteiger partial charge >= 0.3 is 12.1 Å². The third-order valence-electron chi connectivity index (χ3n) is 4.92. The number of nitrogens with zero attached hydrogens (tertiary/aromatic N) is 4. The van der Waals surface area contributed by atoms with E-state index < -0.39 is 11.0 Å². The Bertz CT molecular complexity index is 1380. The third kappa shape index (κ3) is 4.63. The molecule has 11 nitrogen and oxygen atoms in total. The molecule has 2 aromatic carbocycles. The minimum absolute atomic E-state index is 0.108. The highest BCUT2D eigenvalue weighted by Gasteiger charge is 2.16. The maximum atomic E-state index is 12.5. The fraction of sp³-hybridized carbons (Fsp3) is 0.0870. The van der Waals surface area contributed by atoms with Crippen LogP contribution < -0.4 is 19.7 Å². The summed E-state index contributed by atoms with van der Waals surface area (Å²) >= 11 is 0. The number of nitro benzene ring substituents is 1. The summed E-state index contributed by atoms with van der Waals surface area (Å²) in [6, 6.07) is 15.2. The molecule has 0 radical (unpaired) electrons. The Kier molecular flexibility index (Phi) is 6.08. The van der Waals surface area contributed by atoms with Crippen molar-refractivity contribution in [3.8, 4) is 17.2 Å². The molecule has 172 valence electrons. The van der Waals surface area contributed by atoms with E-state index in [2.05, 4.69) is 10.3 Å². The first kappa shape index (κ1) is 22.3. The second-order valence-corrected chi connectivity index (χ2v) is 7.09. The van der Waals surface area contributed by atoms with Crippen LogP contribution in [-0.2, 0) is 0 Å². The van der Waals surface area contributed by atoms with Crippen molar-refractivity contribution in [2.75, 3.05) is 19.0 Å². The molecule has 0 spiro atoms. The second kappa shape index (κ2) is 9.28. The average molecular weight is 461 g/mol. The fourth-order valence-electron chi connectivity index (χ4n) is 3.16. The van der Waals surface area contributed by atoms with E-state index in [4.69, 9.17) is 9.47 Å². The zero-order valence-corrected chi connectivity index (χ0v) is 18.2. The lowest BCUT2D eigenvalue weighted by atomic mass is 10.2. The molecule has 2 aromatic heterocycles. The number of anilines is 1. The summed E-state index contributed by atoms with van der Waals surface area (Å²) in [7, 11) is 3.04. The summed E-state index contributed by atoms with van der Waals surface area (Å²) in [5.41, 5.74) is 0.624. The Balaban J connectivity index is 1.47. The van der Waals surface area contributed by atoms with Crippen molar-refractivity contribution in [3.63, 3.8) is 0 Å². The van der Waals surface area contributed by atoms with Crippen LogP contribution in [0.4, 0.5) is 21.1 Å². The molecule has 0 saturated heterocycles. The highest BCUT2D eigenvalue weighted by molar-refractivity contribution is 5.92. The largest absolute Gasteiger partial charge is 0.457 e. The van der Waals surface area contributed by atoms with Gasteiger partial charge in [-0.05, 0) is 42.5 Å². The number of nitro groups is 1. The van der Waals surface area contributed by atoms with E-state index >= 15 is 0 Å². The molecule has 1 N–H and O–H groups in total. The number of aromatic nitrogens is 2. The number of non-ortho nitro benzene ring substituents is 1. The number of nitrogens with one attached hydrogen (secondary N) is 1. The fourth-order valence-corrected chi connectivity index (χ4v) is 3.16. The first-order valence-corrected chi connectivity index (χ1v) is 10.0. The summed E-state index contributed by atoms with van der Waals surface area (Å²) in [6.45, 7) is 0. The molecular formula is C23H19N5O6. The van der Waals surface area contributed by atoms with Crippen LogP contribution in [0, 0.1) is 10.1 Å². The molecule has 2 amide bonds. The van der Waals surface area contributed by atoms with Gasteiger partial charge in [0.2, 0.25) is 0 Å². The van der Waals surface area contributed by atoms with Gasteiger partial charge in [0.1, 0.15) is 23.1 Å². The standard InChI is InChI=1S/C23H19N5O6/c1-24-22(29)27-12-10-15-13-18(7-8-20(15)27)33-19-9-11-25-21(14-19)26(2)23(30)34-17-5-3-16(4-6-17)28(31)32/h3-14H,1-2H3,(H,24,29). The van der Waals surface area contributed by atoms with Crippen molar-refractivity contribution >= 4 is 34.5 Å².